The van der Waals surface area contributed by atoms with E-state index >= 15 is 0 Å². The number of nitrogens with zero attached hydrogens (tertiary/aromatic N) is 10. The summed E-state index contributed by atoms with van der Waals surface area (Å²) in [5.74, 6) is 1.51. The Morgan fingerprint density at radius 1 is 0.378 bits per heavy atom. The fourth-order valence-electron chi connectivity index (χ4n) is 10.1. The van der Waals surface area contributed by atoms with Gasteiger partial charge in [-0.15, -0.1) is 0 Å². The van der Waals surface area contributed by atoms with Gasteiger partial charge < -0.3 is 9.13 Å². The van der Waals surface area contributed by atoms with Crippen LogP contribution in [0.5, 0.6) is 0 Å². The average molecular weight is 945 g/mol. The predicted molar refractivity (Wildman–Crippen MR) is 293 cm³/mol. The Balaban J connectivity index is 1.19. The van der Waals surface area contributed by atoms with Crippen LogP contribution in [0.1, 0.15) is 22.8 Å². The number of rotatable bonds is 7. The molecule has 12 aromatic rings. The fourth-order valence-corrected chi connectivity index (χ4v) is 10.1. The third-order valence-corrected chi connectivity index (χ3v) is 13.7. The molecule has 10 heteroatoms. The highest BCUT2D eigenvalue weighted by atomic mass is 15.1. The second kappa shape index (κ2) is 17.8. The maximum Gasteiger partial charge on any atom is 0.187 e. The molecule has 0 amide bonds. The van der Waals surface area contributed by atoms with Gasteiger partial charge in [0.25, 0.3) is 0 Å². The van der Waals surface area contributed by atoms with Gasteiger partial charge in [0.05, 0.1) is 70.4 Å². The highest BCUT2D eigenvalue weighted by Gasteiger charge is 2.25. The van der Waals surface area contributed by atoms with Crippen LogP contribution in [-0.2, 0) is 0 Å². The van der Waals surface area contributed by atoms with Crippen molar-refractivity contribution in [3.63, 3.8) is 0 Å². The van der Waals surface area contributed by atoms with E-state index in [4.69, 9.17) is 29.7 Å². The fraction of sp³-hybridized carbons (Fsp3) is 0.0312. The van der Waals surface area contributed by atoms with Gasteiger partial charge in [0.15, 0.2) is 22.9 Å². The summed E-state index contributed by atoms with van der Waals surface area (Å²) in [6.45, 7) is 26.4. The topological polar surface area (TPSA) is 109 Å². The summed E-state index contributed by atoms with van der Waals surface area (Å²) in [6.07, 6.45) is 0. The Bertz CT molecular complexity index is 4280. The molecule has 0 spiro atoms. The van der Waals surface area contributed by atoms with Gasteiger partial charge in [-0.1, -0.05) is 133 Å². The van der Waals surface area contributed by atoms with Crippen molar-refractivity contribution >= 4 is 60.7 Å². The van der Waals surface area contributed by atoms with Gasteiger partial charge >= 0.3 is 0 Å². The molecule has 0 atom stereocenters. The quantitative estimate of drug-likeness (QED) is 0.148. The van der Waals surface area contributed by atoms with E-state index in [0.29, 0.717) is 62.6 Å². The molecule has 74 heavy (non-hydrogen) atoms. The molecule has 0 N–H and O–H groups in total. The van der Waals surface area contributed by atoms with E-state index in [1.165, 1.54) is 0 Å². The Labute approximate surface area is 425 Å². The monoisotopic (exact) mass is 944 g/mol. The molecular weight excluding hydrogens is 909 g/mol. The molecule has 3 aromatic heterocycles. The Morgan fingerprint density at radius 3 is 1.05 bits per heavy atom. The number of hydrogen-bond acceptors (Lipinski definition) is 5. The Kier molecular flexibility index (Phi) is 10.6. The molecule has 0 saturated carbocycles. The number of hydrogen-bond donors (Lipinski definition) is 0. The summed E-state index contributed by atoms with van der Waals surface area (Å²) in [5.41, 5.74) is 15.6. The van der Waals surface area contributed by atoms with Gasteiger partial charge in [-0.3, -0.25) is 0 Å². The molecule has 0 fully saturated rings. The second-order valence-electron chi connectivity index (χ2n) is 18.0. The minimum absolute atomic E-state index is 0.396. The normalized spacial score (nSPS) is 11.0. The molecule has 0 aliphatic heterocycles. The zero-order valence-electron chi connectivity index (χ0n) is 39.8. The van der Waals surface area contributed by atoms with E-state index in [2.05, 4.69) is 114 Å². The highest BCUT2D eigenvalue weighted by Crippen LogP contribution is 2.43. The minimum Gasteiger partial charge on any atom is -0.308 e. The molecule has 0 saturated heterocycles. The van der Waals surface area contributed by atoms with Crippen LogP contribution in [-0.4, -0.2) is 24.1 Å². The van der Waals surface area contributed by atoms with Crippen LogP contribution >= 0.6 is 0 Å². The largest absolute Gasteiger partial charge is 0.308 e. The van der Waals surface area contributed by atoms with E-state index in [9.17, 15) is 10.5 Å². The summed E-state index contributed by atoms with van der Waals surface area (Å²) in [7, 11) is 0. The lowest BCUT2D eigenvalue weighted by atomic mass is 10.0. The lowest BCUT2D eigenvalue weighted by molar-refractivity contribution is 0.926. The average Bonchev–Trinajstić information content (AvgIpc) is 3.95. The number of aryl methyl sites for hydroxylation is 2. The van der Waals surface area contributed by atoms with Crippen molar-refractivity contribution in [3.8, 4) is 79.4 Å². The van der Waals surface area contributed by atoms with Gasteiger partial charge in [0.2, 0.25) is 0 Å². The maximum absolute atomic E-state index is 11.6. The summed E-state index contributed by atoms with van der Waals surface area (Å²) < 4.78 is 4.36. The van der Waals surface area contributed by atoms with E-state index in [0.717, 1.165) is 88.1 Å². The van der Waals surface area contributed by atoms with E-state index < -0.39 is 0 Å². The molecule has 0 unspecified atom stereocenters. The van der Waals surface area contributed by atoms with Crippen LogP contribution in [0.3, 0.4) is 0 Å². The van der Waals surface area contributed by atoms with Crippen LogP contribution in [0, 0.1) is 56.2 Å². The van der Waals surface area contributed by atoms with Crippen molar-refractivity contribution < 1.29 is 0 Å². The second-order valence-corrected chi connectivity index (χ2v) is 18.0. The highest BCUT2D eigenvalue weighted by molar-refractivity contribution is 6.13. The molecule has 342 valence electrons. The molecule has 3 heterocycles. The lowest BCUT2D eigenvalue weighted by Crippen LogP contribution is -2.07. The number of benzene rings is 9. The molecular formula is C64H36N10. The molecule has 0 aliphatic rings. The number of fused-ring (bicyclic) bond motifs is 6. The first-order valence-electron chi connectivity index (χ1n) is 23.6. The summed E-state index contributed by atoms with van der Waals surface area (Å²) >= 11 is 0. The van der Waals surface area contributed by atoms with Crippen molar-refractivity contribution in [2.75, 3.05) is 0 Å². The maximum atomic E-state index is 11.6. The lowest BCUT2D eigenvalue weighted by Gasteiger charge is -2.19. The number of nitriles is 2. The van der Waals surface area contributed by atoms with E-state index in [1.54, 1.807) is 0 Å². The van der Waals surface area contributed by atoms with Gasteiger partial charge in [-0.05, 0) is 107 Å². The van der Waals surface area contributed by atoms with Crippen molar-refractivity contribution in [2.45, 2.75) is 13.8 Å². The van der Waals surface area contributed by atoms with Crippen LogP contribution in [0.15, 0.2) is 182 Å². The molecule has 12 rings (SSSR count). The molecule has 0 radical (unpaired) electrons. The first-order chi connectivity index (χ1) is 36.2. The summed E-state index contributed by atoms with van der Waals surface area (Å²) in [4.78, 5) is 25.5. The van der Waals surface area contributed by atoms with Crippen molar-refractivity contribution in [2.24, 2.45) is 0 Å². The molecule has 10 nitrogen and oxygen atoms in total. The Morgan fingerprint density at radius 2 is 0.716 bits per heavy atom. The third kappa shape index (κ3) is 7.52. The molecule has 0 aliphatic carbocycles. The van der Waals surface area contributed by atoms with Crippen LogP contribution in [0.2, 0.25) is 0 Å². The first kappa shape index (κ1) is 44.3. The zero-order chi connectivity index (χ0) is 50.6. The Hall–Kier alpha value is -11.0. The van der Waals surface area contributed by atoms with Gasteiger partial charge in [-0.2, -0.15) is 10.5 Å². The SMILES string of the molecule is [C-]#[N+]c1ccc(-c2ccc3c4ccc(-c5ccc([N+]#[C-])cc5)cc4n(-c4cc(-c5nc(C)nc(C)n5)c(-n5c6cc(-c7ccc(C#N)cc7)ccc6c6ccc(-c7ccc([N+]#[C-])cc7)cc65)cc4C#N)c3c2)cc1. The first-order valence-corrected chi connectivity index (χ1v) is 23.6. The smallest absolute Gasteiger partial charge is 0.187 e. The van der Waals surface area contributed by atoms with Crippen LogP contribution in [0.25, 0.3) is 125 Å². The van der Waals surface area contributed by atoms with E-state index in [-0.39, 0.29) is 0 Å². The van der Waals surface area contributed by atoms with Gasteiger partial charge in [0.1, 0.15) is 17.7 Å². The zero-order valence-corrected chi connectivity index (χ0v) is 39.8. The van der Waals surface area contributed by atoms with Crippen molar-refractivity contribution in [3.05, 3.63) is 239 Å². The van der Waals surface area contributed by atoms with Crippen molar-refractivity contribution in [1.82, 2.24) is 24.1 Å². The standard InChI is InChI=1S/C64H36N10/c1-38-70-39(2)72-64(71-38)57-35-58(73-59-30-46(42-10-20-50(67-3)21-11-42)17-26-53(59)54-27-18-47(31-60(54)73)43-12-22-51(68-4)23-13-43)49(37-66)34-63(57)74-61-32-45(41-8-6-40(36-65)7-9-41)16-28-55(61)56-29-19-48(33-62(56)74)44-14-24-52(69-5)25-15-44/h6-35H,1-2H3. The van der Waals surface area contributed by atoms with Crippen molar-refractivity contribution in [1.29, 1.82) is 10.5 Å². The summed E-state index contributed by atoms with van der Waals surface area (Å²) in [5, 5.41) is 25.1. The third-order valence-electron chi connectivity index (χ3n) is 13.7. The number of aromatic nitrogens is 5. The van der Waals surface area contributed by atoms with Crippen LogP contribution in [0.4, 0.5) is 17.1 Å². The predicted octanol–water partition coefficient (Wildman–Crippen LogP) is 16.4. The van der Waals surface area contributed by atoms with E-state index in [1.807, 2.05) is 123 Å². The molecule has 9 aromatic carbocycles. The minimum atomic E-state index is 0.396. The molecule has 0 bridgehead atoms. The van der Waals surface area contributed by atoms with Crippen LogP contribution < -0.4 is 0 Å². The summed E-state index contributed by atoms with van der Waals surface area (Å²) in [6, 6.07) is 64.5. The van der Waals surface area contributed by atoms with Gasteiger partial charge in [-0.25, -0.2) is 29.5 Å². The van der Waals surface area contributed by atoms with Gasteiger partial charge in [0, 0.05) is 27.1 Å².